The van der Waals surface area contributed by atoms with Crippen LogP contribution in [0.3, 0.4) is 0 Å². The van der Waals surface area contributed by atoms with E-state index in [1.807, 2.05) is 14.1 Å². The lowest BCUT2D eigenvalue weighted by Crippen LogP contribution is -2.20. The van der Waals surface area contributed by atoms with Crippen molar-refractivity contribution in [2.75, 3.05) is 20.7 Å². The molecule has 6 nitrogen and oxygen atoms in total. The molecule has 0 radical (unpaired) electrons. The Balaban J connectivity index is -0.000000303. The molecule has 0 saturated heterocycles. The average Bonchev–Trinajstić information content (AvgIpc) is 2.28. The number of hydrogen-bond acceptors (Lipinski definition) is 4. The minimum atomic E-state index is -0.333. The van der Waals surface area contributed by atoms with Gasteiger partial charge >= 0.3 is 5.97 Å². The monoisotopic (exact) mass is 276 g/mol. The average molecular weight is 276 g/mol. The summed E-state index contributed by atoms with van der Waals surface area (Å²) in [5, 5.41) is 8.81. The van der Waals surface area contributed by atoms with E-state index in [1.165, 1.54) is 39.0 Å². The summed E-state index contributed by atoms with van der Waals surface area (Å²) in [6.07, 6.45) is 7.40. The van der Waals surface area contributed by atoms with E-state index in [9.17, 15) is 4.79 Å². The molecule has 6 N–H and O–H groups in total. The van der Waals surface area contributed by atoms with E-state index in [-0.39, 0.29) is 11.9 Å². The van der Waals surface area contributed by atoms with Gasteiger partial charge in [0.2, 0.25) is 0 Å². The van der Waals surface area contributed by atoms with Crippen molar-refractivity contribution in [3.05, 3.63) is 0 Å². The highest BCUT2D eigenvalue weighted by Gasteiger charge is 1.92. The molecule has 6 heteroatoms. The Morgan fingerprint density at radius 2 is 1.47 bits per heavy atom. The maximum Gasteiger partial charge on any atom is 0.302 e. The lowest BCUT2D eigenvalue weighted by Gasteiger charge is -2.01. The van der Waals surface area contributed by atoms with Crippen molar-refractivity contribution in [1.29, 1.82) is 5.41 Å². The molecular weight excluding hydrogens is 244 g/mol. The Labute approximate surface area is 117 Å². The Hall–Kier alpha value is -1.30. The predicted molar refractivity (Wildman–Crippen MR) is 81.1 cm³/mol. The van der Waals surface area contributed by atoms with Gasteiger partial charge < -0.3 is 21.5 Å². The van der Waals surface area contributed by atoms with Crippen LogP contribution in [0.5, 0.6) is 0 Å². The fraction of sp³-hybridized carbons (Fsp3) is 0.846. The number of carbonyl (C=O) groups is 1. The Morgan fingerprint density at radius 1 is 1.11 bits per heavy atom. The summed E-state index contributed by atoms with van der Waals surface area (Å²) < 4.78 is 4.81. The molecule has 0 heterocycles. The van der Waals surface area contributed by atoms with E-state index in [4.69, 9.17) is 10.1 Å². The summed E-state index contributed by atoms with van der Waals surface area (Å²) in [6, 6.07) is 0. The standard InChI is InChI=1S/C10H20O2.C2H7N.CH5N3/c1-3-4-5-6-7-8-9-12-10(2)11;1-3-2;2-1(3)4/h3-9H2,1-2H3;3H,1-2H3;(H5,2,3,4). The second-order valence-corrected chi connectivity index (χ2v) is 4.06. The van der Waals surface area contributed by atoms with Crippen LogP contribution in [-0.4, -0.2) is 32.6 Å². The molecule has 0 amide bonds. The molecule has 0 fully saturated rings. The summed E-state index contributed by atoms with van der Waals surface area (Å²) in [4.78, 5) is 10.4. The SMILES string of the molecule is CCCCCCCCOC(C)=O.CNC.N=C(N)N. The summed E-state index contributed by atoms with van der Waals surface area (Å²) in [5.41, 5.74) is 8.94. The molecule has 0 spiro atoms. The van der Waals surface area contributed by atoms with Gasteiger partial charge in [-0.25, -0.2) is 0 Å². The Kier molecular flexibility index (Phi) is 26.4. The summed E-state index contributed by atoms with van der Waals surface area (Å²) in [6.45, 7) is 4.26. The number of unbranched alkanes of at least 4 members (excludes halogenated alkanes) is 5. The number of esters is 1. The van der Waals surface area contributed by atoms with Crippen LogP contribution in [0.4, 0.5) is 0 Å². The van der Waals surface area contributed by atoms with E-state index in [0.717, 1.165) is 6.42 Å². The number of rotatable bonds is 7. The fourth-order valence-corrected chi connectivity index (χ4v) is 1.10. The zero-order valence-corrected chi connectivity index (χ0v) is 12.9. The summed E-state index contributed by atoms with van der Waals surface area (Å²) in [5.74, 6) is -0.497. The van der Waals surface area contributed by atoms with E-state index in [0.29, 0.717) is 6.61 Å². The molecule has 0 aromatic rings. The first kappa shape index (κ1) is 22.8. The lowest BCUT2D eigenvalue weighted by atomic mass is 10.1. The molecule has 0 unspecified atom stereocenters. The van der Waals surface area contributed by atoms with Crippen molar-refractivity contribution < 1.29 is 9.53 Å². The molecule has 0 rings (SSSR count). The topological polar surface area (TPSA) is 114 Å². The van der Waals surface area contributed by atoms with E-state index < -0.39 is 0 Å². The third kappa shape index (κ3) is 60.9. The number of guanidine groups is 1. The van der Waals surface area contributed by atoms with Gasteiger partial charge in [-0.2, -0.15) is 0 Å². The summed E-state index contributed by atoms with van der Waals surface area (Å²) >= 11 is 0. The largest absolute Gasteiger partial charge is 0.466 e. The van der Waals surface area contributed by atoms with Crippen LogP contribution in [0.1, 0.15) is 52.4 Å². The number of nitrogens with two attached hydrogens (primary N) is 2. The third-order valence-electron chi connectivity index (χ3n) is 1.80. The molecule has 0 atom stereocenters. The van der Waals surface area contributed by atoms with Crippen molar-refractivity contribution in [3.63, 3.8) is 0 Å². The first-order chi connectivity index (χ1) is 8.92. The van der Waals surface area contributed by atoms with Gasteiger partial charge in [-0.15, -0.1) is 0 Å². The zero-order chi connectivity index (χ0) is 15.5. The second-order valence-electron chi connectivity index (χ2n) is 4.06. The van der Waals surface area contributed by atoms with Gasteiger partial charge in [0.25, 0.3) is 0 Å². The fourth-order valence-electron chi connectivity index (χ4n) is 1.10. The number of carbonyl (C=O) groups excluding carboxylic acids is 1. The molecule has 0 aromatic heterocycles. The molecule has 0 aliphatic rings. The van der Waals surface area contributed by atoms with Crippen LogP contribution in [0, 0.1) is 5.41 Å². The van der Waals surface area contributed by atoms with Gasteiger partial charge in [0.05, 0.1) is 6.61 Å². The van der Waals surface area contributed by atoms with Gasteiger partial charge in [-0.05, 0) is 20.5 Å². The number of ether oxygens (including phenoxy) is 1. The van der Waals surface area contributed by atoms with Crippen LogP contribution in [0.2, 0.25) is 0 Å². The van der Waals surface area contributed by atoms with Crippen LogP contribution < -0.4 is 16.8 Å². The van der Waals surface area contributed by atoms with Crippen LogP contribution in [0.25, 0.3) is 0 Å². The van der Waals surface area contributed by atoms with Crippen molar-refractivity contribution in [2.45, 2.75) is 52.4 Å². The van der Waals surface area contributed by atoms with Gasteiger partial charge in [0.1, 0.15) is 0 Å². The normalized spacial score (nSPS) is 8.42. The lowest BCUT2D eigenvalue weighted by molar-refractivity contribution is -0.141. The summed E-state index contributed by atoms with van der Waals surface area (Å²) in [7, 11) is 3.75. The van der Waals surface area contributed by atoms with Gasteiger partial charge in [-0.1, -0.05) is 39.0 Å². The smallest absolute Gasteiger partial charge is 0.302 e. The highest BCUT2D eigenvalue weighted by Crippen LogP contribution is 2.04. The van der Waals surface area contributed by atoms with Gasteiger partial charge in [0, 0.05) is 6.92 Å². The molecule has 0 aliphatic heterocycles. The minimum Gasteiger partial charge on any atom is -0.466 e. The Bertz CT molecular complexity index is 195. The quantitative estimate of drug-likeness (QED) is 0.244. The van der Waals surface area contributed by atoms with Crippen molar-refractivity contribution in [2.24, 2.45) is 11.5 Å². The van der Waals surface area contributed by atoms with E-state index in [2.05, 4.69) is 23.7 Å². The maximum atomic E-state index is 10.4. The second kappa shape index (κ2) is 21.9. The number of hydrogen-bond donors (Lipinski definition) is 4. The maximum absolute atomic E-state index is 10.4. The van der Waals surface area contributed by atoms with E-state index in [1.54, 1.807) is 0 Å². The van der Waals surface area contributed by atoms with Crippen LogP contribution in [0.15, 0.2) is 0 Å². The molecule has 0 aliphatic carbocycles. The number of nitrogens with one attached hydrogen (secondary N) is 2. The van der Waals surface area contributed by atoms with Crippen LogP contribution in [-0.2, 0) is 9.53 Å². The Morgan fingerprint density at radius 3 is 1.84 bits per heavy atom. The molecule has 0 saturated carbocycles. The molecular formula is C13H32N4O2. The minimum absolute atomic E-state index is 0.163. The predicted octanol–water partition coefficient (Wildman–Crippen LogP) is 1.58. The third-order valence-corrected chi connectivity index (χ3v) is 1.80. The first-order valence-corrected chi connectivity index (χ1v) is 6.73. The first-order valence-electron chi connectivity index (χ1n) is 6.73. The highest BCUT2D eigenvalue weighted by molar-refractivity contribution is 5.71. The zero-order valence-electron chi connectivity index (χ0n) is 12.9. The van der Waals surface area contributed by atoms with Crippen molar-refractivity contribution in [1.82, 2.24) is 5.32 Å². The van der Waals surface area contributed by atoms with Gasteiger partial charge in [0.15, 0.2) is 5.96 Å². The molecule has 0 aromatic carbocycles. The highest BCUT2D eigenvalue weighted by atomic mass is 16.5. The molecule has 0 bridgehead atoms. The molecule has 19 heavy (non-hydrogen) atoms. The van der Waals surface area contributed by atoms with Crippen molar-refractivity contribution in [3.8, 4) is 0 Å². The van der Waals surface area contributed by atoms with Gasteiger partial charge in [-0.3, -0.25) is 10.2 Å². The molecule has 116 valence electrons. The van der Waals surface area contributed by atoms with E-state index >= 15 is 0 Å². The van der Waals surface area contributed by atoms with Crippen molar-refractivity contribution >= 4 is 11.9 Å². The van der Waals surface area contributed by atoms with Crippen LogP contribution >= 0.6 is 0 Å².